The number of carbonyl (C=O) groups excluding carboxylic acids is 5. The fourth-order valence-electron chi connectivity index (χ4n) is 26.1. The van der Waals surface area contributed by atoms with E-state index in [-0.39, 0.29) is 99.7 Å². The largest absolute Gasteiger partial charge is 0.508 e. The Labute approximate surface area is 895 Å². The summed E-state index contributed by atoms with van der Waals surface area (Å²) in [5, 5.41) is 33.9. The van der Waals surface area contributed by atoms with Crippen LogP contribution in [0.1, 0.15) is 341 Å². The van der Waals surface area contributed by atoms with Crippen molar-refractivity contribution in [2.75, 3.05) is 40.4 Å². The second kappa shape index (κ2) is 45.1. The molecule has 3 aliphatic carbocycles. The Hall–Kier alpha value is -12.7. The number of rotatable bonds is 25. The van der Waals surface area contributed by atoms with E-state index in [4.69, 9.17) is 57.9 Å². The fourth-order valence-corrected chi connectivity index (χ4v) is 26.5. The maximum Gasteiger partial charge on any atom is 0.225 e. The summed E-state index contributed by atoms with van der Waals surface area (Å²) in [4.78, 5) is 94.4. The first kappa shape index (κ1) is 110. The fraction of sp³-hybridized carbons (Fsp3) is 0.480. The van der Waals surface area contributed by atoms with Crippen molar-refractivity contribution in [2.24, 2.45) is 51.9 Å². The van der Waals surface area contributed by atoms with Gasteiger partial charge in [-0.15, -0.1) is 0 Å². The molecule has 4 saturated heterocycles. The zero-order valence-corrected chi connectivity index (χ0v) is 93.3. The Balaban J connectivity index is 0.000000142. The van der Waals surface area contributed by atoms with Crippen LogP contribution in [0.3, 0.4) is 0 Å². The number of piperidine rings is 4. The standard InChI is InChI=1S/C32H40ClN3O2.C32H37FN4O.C32H38N4O2.C29H36ClN3O3/c1-20-25(15-29(37)24-13-26(33)16-27(14-24)38-6)18-34-31-30(20)28(19-35(31)5)23-11-12-36(32(3,4)17-23)21(2)22-9-7-8-10-22;1-20-26(15-29(38)23-10-11-28(33)25(14-23)17-34)18-35-31-30(20)27(19-36(31)5)24-12-13-37(32(3,4)16-24)21(2)22-8-6-7-9-22;1-20-26(15-29(38)25-12-22(17-33)13-27(37)14-25)18-34-31-30(20)28(19-35(31)5)24-10-11-36(32(3,4)16-24)21(2)23-8-6-7-9-23;1-17(2)28(35)33-9-8-19(14-29(33,4)5)24-16-32(6)27-26(24)18(3)21(15-31-27)12-25(34)20-10-22(30)13-23(11-20)36-7/h13-14,16,18-19,22-23H,2,7-12,15,17H2,1,3-6H3;10-11,14,18-19,22,24H,2,6-9,12-13,15-16H2,1,3-5H3;12-14,18-19,23-24,37H,2,6-11,15-16H2,1,3-5H3;10-11,13,15-17,19H,8-9,12,14H2,1-7H3/t23-;2*24-;19-/m1111/s1. The number of phenolic OH excluding ortho intramolecular Hbond substituents is 1. The van der Waals surface area contributed by atoms with Gasteiger partial charge in [-0.1, -0.05) is 95.3 Å². The van der Waals surface area contributed by atoms with Crippen molar-refractivity contribution in [1.29, 1.82) is 10.5 Å². The number of hydrogen-bond acceptors (Lipinski definition) is 17. The van der Waals surface area contributed by atoms with E-state index in [2.05, 4.69) is 168 Å². The highest BCUT2D eigenvalue weighted by atomic mass is 35.5. The Morgan fingerprint density at radius 1 is 0.420 bits per heavy atom. The summed E-state index contributed by atoms with van der Waals surface area (Å²) in [5.74, 6) is 3.79. The number of amides is 1. The van der Waals surface area contributed by atoms with Crippen LogP contribution in [0, 0.1) is 79.8 Å². The third-order valence-corrected chi connectivity index (χ3v) is 34.7. The molecule has 22 nitrogen and oxygen atoms in total. The van der Waals surface area contributed by atoms with E-state index in [1.165, 1.54) is 158 Å². The number of carbonyl (C=O) groups is 5. The molecule has 150 heavy (non-hydrogen) atoms. The van der Waals surface area contributed by atoms with Crippen molar-refractivity contribution >= 4 is 96.4 Å². The minimum absolute atomic E-state index is 0.00685. The molecule has 12 aromatic rings. The molecule has 0 spiro atoms. The molecule has 3 saturated carbocycles. The average Bonchev–Trinajstić information content (AvgIpc) is 1.60. The summed E-state index contributed by atoms with van der Waals surface area (Å²) in [6.45, 7) is 48.2. The van der Waals surface area contributed by atoms with Crippen LogP contribution < -0.4 is 9.47 Å². The molecule has 8 aromatic heterocycles. The number of aryl methyl sites for hydroxylation is 8. The number of ketones is 4. The molecule has 19 rings (SSSR count). The number of halogens is 3. The Morgan fingerprint density at radius 3 is 0.993 bits per heavy atom. The van der Waals surface area contributed by atoms with Crippen LogP contribution in [0.4, 0.5) is 4.39 Å². The highest BCUT2D eigenvalue weighted by Crippen LogP contribution is 2.52. The van der Waals surface area contributed by atoms with Crippen molar-refractivity contribution in [2.45, 2.75) is 297 Å². The normalized spacial score (nSPS) is 19.1. The number of ether oxygens (including phenoxy) is 2. The summed E-state index contributed by atoms with van der Waals surface area (Å²) >= 11 is 12.4. The molecule has 7 fully saturated rings. The molecular formula is C125H151Cl2FN14O8. The number of pyridine rings is 4. The third kappa shape index (κ3) is 23.1. The highest BCUT2D eigenvalue weighted by Gasteiger charge is 2.45. The number of methoxy groups -OCH3 is 2. The Kier molecular flexibility index (Phi) is 33.0. The molecule has 0 unspecified atom stereocenters. The minimum atomic E-state index is -0.613. The van der Waals surface area contributed by atoms with Gasteiger partial charge < -0.3 is 52.4 Å². The lowest BCUT2D eigenvalue weighted by atomic mass is 9.77. The number of benzene rings is 4. The minimum Gasteiger partial charge on any atom is -0.508 e. The second-order valence-corrected chi connectivity index (χ2v) is 47.5. The first-order chi connectivity index (χ1) is 71.2. The van der Waals surface area contributed by atoms with Gasteiger partial charge in [0, 0.05) is 229 Å². The zero-order chi connectivity index (χ0) is 108. The van der Waals surface area contributed by atoms with Crippen molar-refractivity contribution in [3.63, 3.8) is 0 Å². The van der Waals surface area contributed by atoms with Gasteiger partial charge in [-0.3, -0.25) is 24.0 Å². The maximum atomic E-state index is 13.8. The molecule has 7 aliphatic rings. The van der Waals surface area contributed by atoms with Crippen LogP contribution in [-0.2, 0) is 58.7 Å². The van der Waals surface area contributed by atoms with Crippen molar-refractivity contribution in [3.05, 3.63) is 275 Å². The van der Waals surface area contributed by atoms with Gasteiger partial charge in [-0.25, -0.2) is 24.3 Å². The lowest BCUT2D eigenvalue weighted by Crippen LogP contribution is -2.53. The van der Waals surface area contributed by atoms with Crippen molar-refractivity contribution < 1.29 is 42.9 Å². The lowest BCUT2D eigenvalue weighted by molar-refractivity contribution is -0.142. The average molecular weight is 2070 g/mol. The zero-order valence-electron chi connectivity index (χ0n) is 91.8. The number of likely N-dealkylation sites (tertiary alicyclic amines) is 4. The lowest BCUT2D eigenvalue weighted by Gasteiger charge is -2.49. The number of phenols is 1. The van der Waals surface area contributed by atoms with Crippen LogP contribution in [0.5, 0.6) is 17.2 Å². The maximum absolute atomic E-state index is 13.8. The molecule has 0 radical (unpaired) electrons. The van der Waals surface area contributed by atoms with Gasteiger partial charge in [0.25, 0.3) is 0 Å². The van der Waals surface area contributed by atoms with Crippen LogP contribution in [-0.4, -0.2) is 155 Å². The smallest absolute Gasteiger partial charge is 0.225 e. The second-order valence-electron chi connectivity index (χ2n) is 46.6. The van der Waals surface area contributed by atoms with Crippen LogP contribution in [0.2, 0.25) is 10.0 Å². The quantitative estimate of drug-likeness (QED) is 0.0522. The number of nitriles is 2. The van der Waals surface area contributed by atoms with E-state index < -0.39 is 5.82 Å². The van der Waals surface area contributed by atoms with Crippen molar-refractivity contribution in [3.8, 4) is 29.4 Å². The van der Waals surface area contributed by atoms with Crippen molar-refractivity contribution in [1.82, 2.24) is 57.8 Å². The molecule has 1 amide bonds. The number of aromatic hydroxyl groups is 1. The number of allylic oxidation sites excluding steroid dienone is 3. The van der Waals surface area contributed by atoms with Crippen LogP contribution in [0.15, 0.2) is 159 Å². The van der Waals surface area contributed by atoms with Crippen LogP contribution in [0.25, 0.3) is 44.1 Å². The van der Waals surface area contributed by atoms with Gasteiger partial charge in [0.1, 0.15) is 51.7 Å². The van der Waals surface area contributed by atoms with E-state index in [0.717, 1.165) is 161 Å². The van der Waals surface area contributed by atoms with E-state index in [1.54, 1.807) is 63.0 Å². The number of nitrogens with zero attached hydrogens (tertiary/aromatic N) is 14. The predicted molar refractivity (Wildman–Crippen MR) is 598 cm³/mol. The van der Waals surface area contributed by atoms with Gasteiger partial charge in [0.15, 0.2) is 23.1 Å². The van der Waals surface area contributed by atoms with E-state index >= 15 is 0 Å². The monoisotopic (exact) mass is 2070 g/mol. The van der Waals surface area contributed by atoms with Gasteiger partial charge >= 0.3 is 0 Å². The highest BCUT2D eigenvalue weighted by molar-refractivity contribution is 6.31. The molecular weight excluding hydrogens is 1920 g/mol. The summed E-state index contributed by atoms with van der Waals surface area (Å²) in [6.07, 6.45) is 40.7. The molecule has 12 heterocycles. The van der Waals surface area contributed by atoms with E-state index in [9.17, 15) is 38.7 Å². The number of hydrogen-bond donors (Lipinski definition) is 1. The van der Waals surface area contributed by atoms with Gasteiger partial charge in [-0.2, -0.15) is 10.5 Å². The molecule has 4 atom stereocenters. The first-order valence-corrected chi connectivity index (χ1v) is 54.7. The van der Waals surface area contributed by atoms with Gasteiger partial charge in [0.05, 0.1) is 31.4 Å². The number of aromatic nitrogens is 8. The first-order valence-electron chi connectivity index (χ1n) is 53.9. The number of Topliss-reactive ketones (excluding diaryl/α,β-unsaturated/α-hetero) is 4. The predicted octanol–water partition coefficient (Wildman–Crippen LogP) is 27.3. The van der Waals surface area contributed by atoms with E-state index in [0.29, 0.717) is 85.2 Å². The third-order valence-electron chi connectivity index (χ3n) is 34.3. The molecule has 4 aliphatic heterocycles. The van der Waals surface area contributed by atoms with Gasteiger partial charge in [-0.05, 0) is 354 Å². The topological polar surface area (TPSA) is 256 Å². The van der Waals surface area contributed by atoms with E-state index in [1.807, 2.05) is 64.4 Å². The molecule has 25 heteroatoms. The molecule has 0 bridgehead atoms. The molecule has 790 valence electrons. The van der Waals surface area contributed by atoms with Crippen LogP contribution >= 0.6 is 23.2 Å². The SMILES string of the molecule is C=C(C1CCCC1)N1CC[C@@H](c2cn(C)c3ncc(CC(=O)c4cc(Cl)cc(OC)c4)c(C)c23)CC1(C)C.C=C(C1CCCC1)N1CC[C@@H](c2cn(C)c3ncc(CC(=O)c4cc(O)cc(C#N)c4)c(C)c23)CC1(C)C.C=C(C1CCCC1)N1CC[C@@H](c2cn(C)c3ncc(CC(=O)c4ccc(F)c(C#N)c4)c(C)c23)CC1(C)C.COc1cc(Cl)cc(C(=O)Cc2cnc3c(c([C@@H]4CCN(C(=O)C(C)C)C(C)(C)C4)cn3C)c2C)c1. The molecule has 4 aromatic carbocycles. The Bertz CT molecular complexity index is 7340. The Morgan fingerprint density at radius 2 is 0.713 bits per heavy atom. The summed E-state index contributed by atoms with van der Waals surface area (Å²) in [6, 6.07) is 22.4. The number of fused-ring (bicyclic) bond motifs is 4. The molecule has 1 N–H and O–H groups in total. The summed E-state index contributed by atoms with van der Waals surface area (Å²) in [5.41, 5.74) is 22.7. The summed E-state index contributed by atoms with van der Waals surface area (Å²) < 4.78 is 32.8. The van der Waals surface area contributed by atoms with Gasteiger partial charge in [0.2, 0.25) is 5.91 Å². The summed E-state index contributed by atoms with van der Waals surface area (Å²) in [7, 11) is 11.3.